The SMILES string of the molecule is CCCCCCCCCCCCCCCCCCP(Br)(CCCCCCCCCCCCCCCCCC)(Cc1ccccc1)Cc1ccccc1. The molecule has 2 rings (SSSR count). The molecule has 0 spiro atoms. The van der Waals surface area contributed by atoms with E-state index in [9.17, 15) is 0 Å². The molecule has 0 amide bonds. The molecule has 0 saturated carbocycles. The Morgan fingerprint density at radius 2 is 0.519 bits per heavy atom. The number of rotatable bonds is 38. The zero-order valence-corrected chi connectivity index (χ0v) is 37.5. The van der Waals surface area contributed by atoms with Crippen LogP contribution in [0.1, 0.15) is 230 Å². The van der Waals surface area contributed by atoms with Gasteiger partial charge in [0.2, 0.25) is 0 Å². The van der Waals surface area contributed by atoms with Crippen molar-refractivity contribution in [2.24, 2.45) is 0 Å². The Kier molecular flexibility index (Phi) is 29.8. The predicted octanol–water partition coefficient (Wildman–Crippen LogP) is 18.8. The van der Waals surface area contributed by atoms with Crippen molar-refractivity contribution < 1.29 is 0 Å². The molecule has 2 aromatic carbocycles. The van der Waals surface area contributed by atoms with Crippen molar-refractivity contribution in [3.63, 3.8) is 0 Å². The Morgan fingerprint density at radius 1 is 0.308 bits per heavy atom. The summed E-state index contributed by atoms with van der Waals surface area (Å²) in [5.74, 6) is 0. The van der Waals surface area contributed by atoms with E-state index in [-0.39, 0.29) is 0 Å². The van der Waals surface area contributed by atoms with Crippen molar-refractivity contribution in [1.82, 2.24) is 0 Å². The van der Waals surface area contributed by atoms with Gasteiger partial charge in [-0.1, -0.05) is 78.1 Å². The van der Waals surface area contributed by atoms with Gasteiger partial charge in [0.05, 0.1) is 0 Å². The molecule has 0 N–H and O–H groups in total. The Balaban J connectivity index is 1.73. The van der Waals surface area contributed by atoms with Crippen LogP contribution in [0.25, 0.3) is 0 Å². The van der Waals surface area contributed by atoms with Gasteiger partial charge in [-0.3, -0.25) is 0 Å². The van der Waals surface area contributed by atoms with E-state index in [1.807, 2.05) is 0 Å². The maximum absolute atomic E-state index is 4.79. The van der Waals surface area contributed by atoms with Crippen molar-refractivity contribution in [2.45, 2.75) is 232 Å². The van der Waals surface area contributed by atoms with Gasteiger partial charge in [0.15, 0.2) is 0 Å². The molecule has 0 radical (unpaired) electrons. The number of hydrogen-bond donors (Lipinski definition) is 0. The third-order valence-electron chi connectivity index (χ3n) is 12.0. The summed E-state index contributed by atoms with van der Waals surface area (Å²) >= 11 is 4.79. The minimum absolute atomic E-state index is 1.25. The second-order valence-corrected chi connectivity index (χ2v) is 28.3. The van der Waals surface area contributed by atoms with Crippen LogP contribution in [0.2, 0.25) is 0 Å². The molecule has 0 aromatic heterocycles. The van der Waals surface area contributed by atoms with Gasteiger partial charge in [0, 0.05) is 0 Å². The predicted molar refractivity (Wildman–Crippen MR) is 245 cm³/mol. The summed E-state index contributed by atoms with van der Waals surface area (Å²) in [6, 6.07) is 23.0. The van der Waals surface area contributed by atoms with Crippen LogP contribution in [-0.2, 0) is 12.3 Å². The van der Waals surface area contributed by atoms with E-state index < -0.39 is 5.31 Å². The fraction of sp³-hybridized carbons (Fsp3) is 0.760. The van der Waals surface area contributed by atoms with Gasteiger partial charge in [-0.25, -0.2) is 0 Å². The number of hydrogen-bond acceptors (Lipinski definition) is 0. The Morgan fingerprint density at radius 3 is 0.750 bits per heavy atom. The molecule has 52 heavy (non-hydrogen) atoms. The van der Waals surface area contributed by atoms with Gasteiger partial charge in [-0.05, 0) is 0 Å². The minimum atomic E-state index is -2.19. The molecule has 0 saturated heterocycles. The van der Waals surface area contributed by atoms with Crippen molar-refractivity contribution in [1.29, 1.82) is 0 Å². The number of halogens is 1. The fourth-order valence-corrected chi connectivity index (χ4v) is 17.2. The molecule has 0 aliphatic carbocycles. The molecule has 0 aliphatic rings. The van der Waals surface area contributed by atoms with E-state index in [1.54, 1.807) is 11.1 Å². The molecule has 0 bridgehead atoms. The number of benzene rings is 2. The summed E-state index contributed by atoms with van der Waals surface area (Å²) < 4.78 is 0. The topological polar surface area (TPSA) is 0 Å². The van der Waals surface area contributed by atoms with Crippen molar-refractivity contribution >= 4 is 20.8 Å². The van der Waals surface area contributed by atoms with E-state index in [0.29, 0.717) is 0 Å². The van der Waals surface area contributed by atoms with E-state index >= 15 is 0 Å². The van der Waals surface area contributed by atoms with Gasteiger partial charge in [-0.15, -0.1) is 0 Å². The molecule has 0 heterocycles. The van der Waals surface area contributed by atoms with Crippen LogP contribution < -0.4 is 0 Å². The summed E-state index contributed by atoms with van der Waals surface area (Å²) in [4.78, 5) is 0. The van der Waals surface area contributed by atoms with E-state index in [0.717, 1.165) is 0 Å². The summed E-state index contributed by atoms with van der Waals surface area (Å²) in [6.07, 6.45) is 51.4. The van der Waals surface area contributed by atoms with Crippen LogP contribution in [0.5, 0.6) is 0 Å². The van der Waals surface area contributed by atoms with Crippen LogP contribution in [0.15, 0.2) is 60.7 Å². The van der Waals surface area contributed by atoms with Crippen molar-refractivity contribution in [2.75, 3.05) is 12.3 Å². The zero-order valence-electron chi connectivity index (χ0n) is 35.1. The molecule has 300 valence electrons. The Hall–Kier alpha value is -0.650. The van der Waals surface area contributed by atoms with Crippen LogP contribution in [0.4, 0.5) is 0 Å². The maximum atomic E-state index is 4.79. The molecule has 0 atom stereocenters. The Bertz CT molecular complexity index is 938. The van der Waals surface area contributed by atoms with Gasteiger partial charge in [-0.2, -0.15) is 0 Å². The second kappa shape index (κ2) is 32.6. The van der Waals surface area contributed by atoms with Crippen LogP contribution in [-0.4, -0.2) is 12.3 Å². The normalized spacial score (nSPS) is 12.6. The van der Waals surface area contributed by atoms with Crippen molar-refractivity contribution in [3.8, 4) is 0 Å². The first-order valence-electron chi connectivity index (χ1n) is 23.4. The summed E-state index contributed by atoms with van der Waals surface area (Å²) in [7, 11) is 0. The van der Waals surface area contributed by atoms with E-state index in [2.05, 4.69) is 74.5 Å². The van der Waals surface area contributed by atoms with Gasteiger partial charge < -0.3 is 0 Å². The average molecular weight is 800 g/mol. The molecule has 0 nitrogen and oxygen atoms in total. The average Bonchev–Trinajstić information content (AvgIpc) is 3.15. The standard InChI is InChI=1S/C50H88BrP/c1-3-5-7-9-11-13-15-17-19-21-23-25-27-29-31-39-45-52(51,47-49-41-35-33-36-42-49,48-50-43-37-34-38-44-50)46-40-32-30-28-26-24-22-20-18-16-14-12-10-8-6-4-2/h33-38,41-44H,3-32,39-40,45-48H2,1-2H3. The van der Waals surface area contributed by atoms with Gasteiger partial charge >= 0.3 is 258 Å². The number of unbranched alkanes of at least 4 members (excludes halogenated alkanes) is 30. The molecule has 0 unspecified atom stereocenters. The monoisotopic (exact) mass is 799 g/mol. The van der Waals surface area contributed by atoms with Crippen LogP contribution in [0.3, 0.4) is 0 Å². The van der Waals surface area contributed by atoms with E-state index in [1.165, 1.54) is 230 Å². The first-order chi connectivity index (χ1) is 25.6. The quantitative estimate of drug-likeness (QED) is 0.0469. The molecule has 2 heteroatoms. The van der Waals surface area contributed by atoms with Crippen molar-refractivity contribution in [3.05, 3.63) is 71.8 Å². The summed E-state index contributed by atoms with van der Waals surface area (Å²) in [5, 5.41) is -2.19. The molecule has 0 aliphatic heterocycles. The summed E-state index contributed by atoms with van der Waals surface area (Å²) in [5.41, 5.74) is 3.09. The zero-order chi connectivity index (χ0) is 37.1. The first kappa shape index (κ1) is 47.5. The van der Waals surface area contributed by atoms with Gasteiger partial charge in [0.1, 0.15) is 0 Å². The first-order valence-corrected chi connectivity index (χ1v) is 28.4. The second-order valence-electron chi connectivity index (χ2n) is 17.2. The Labute approximate surface area is 335 Å². The third kappa shape index (κ3) is 25.4. The molecular weight excluding hydrogens is 711 g/mol. The molecular formula is C50H88BrP. The molecule has 0 fully saturated rings. The summed E-state index contributed by atoms with van der Waals surface area (Å²) in [6.45, 7) is 4.63. The fourth-order valence-electron chi connectivity index (χ4n) is 8.67. The van der Waals surface area contributed by atoms with Crippen LogP contribution in [0, 0.1) is 0 Å². The van der Waals surface area contributed by atoms with E-state index in [4.69, 9.17) is 15.5 Å². The molecule has 2 aromatic rings. The third-order valence-corrected chi connectivity index (χ3v) is 20.8. The van der Waals surface area contributed by atoms with Gasteiger partial charge in [0.25, 0.3) is 0 Å². The van der Waals surface area contributed by atoms with Crippen LogP contribution >= 0.6 is 20.8 Å².